The molecule has 0 fully saturated rings. The van der Waals surface area contributed by atoms with Gasteiger partial charge in [0.1, 0.15) is 5.58 Å². The van der Waals surface area contributed by atoms with Crippen molar-refractivity contribution in [2.24, 2.45) is 7.05 Å². The smallest absolute Gasteiger partial charge is 0.364 e. The summed E-state index contributed by atoms with van der Waals surface area (Å²) in [5.74, 6) is 0. The molecular formula is C17H26N2O2. The third-order valence-corrected chi connectivity index (χ3v) is 2.65. The second kappa shape index (κ2) is 8.25. The highest BCUT2D eigenvalue weighted by Crippen LogP contribution is 2.22. The van der Waals surface area contributed by atoms with Crippen LogP contribution in [0.3, 0.4) is 0 Å². The third-order valence-electron chi connectivity index (χ3n) is 2.65. The van der Waals surface area contributed by atoms with Gasteiger partial charge in [0.2, 0.25) is 0 Å². The van der Waals surface area contributed by atoms with E-state index in [-0.39, 0.29) is 13.1 Å². The summed E-state index contributed by atoms with van der Waals surface area (Å²) >= 11 is 0. The zero-order chi connectivity index (χ0) is 15.3. The topological polar surface area (TPSA) is 48.0 Å². The Kier molecular flexibility index (Phi) is 7.42. The quantitative estimate of drug-likeness (QED) is 0.565. The average molecular weight is 290 g/mol. The molecule has 0 unspecified atom stereocenters. The van der Waals surface area contributed by atoms with Crippen molar-refractivity contribution in [3.8, 4) is 0 Å². The van der Waals surface area contributed by atoms with Crippen LogP contribution in [0.4, 0.5) is 0 Å². The molecule has 0 N–H and O–H groups in total. The van der Waals surface area contributed by atoms with Crippen LogP contribution in [0.5, 0.6) is 0 Å². The minimum Gasteiger partial charge on any atom is -0.421 e. The molecule has 21 heavy (non-hydrogen) atoms. The van der Waals surface area contributed by atoms with Crippen LogP contribution in [0.25, 0.3) is 21.9 Å². The van der Waals surface area contributed by atoms with Crippen molar-refractivity contribution < 1.29 is 4.42 Å². The van der Waals surface area contributed by atoms with E-state index in [1.54, 1.807) is 11.7 Å². The lowest BCUT2D eigenvalue weighted by molar-refractivity contribution is 0.566. The van der Waals surface area contributed by atoms with E-state index < -0.39 is 0 Å². The van der Waals surface area contributed by atoms with Crippen molar-refractivity contribution in [3.05, 3.63) is 40.4 Å². The number of benzene rings is 1. The fraction of sp³-hybridized carbons (Fsp3) is 0.412. The zero-order valence-electron chi connectivity index (χ0n) is 13.0. The molecule has 2 aromatic heterocycles. The maximum Gasteiger partial charge on any atom is 0.364 e. The van der Waals surface area contributed by atoms with Crippen molar-refractivity contribution in [1.29, 1.82) is 0 Å². The molecular weight excluding hydrogens is 264 g/mol. The van der Waals surface area contributed by atoms with Gasteiger partial charge in [0.15, 0.2) is 5.52 Å². The molecule has 2 heterocycles. The molecule has 4 heteroatoms. The summed E-state index contributed by atoms with van der Waals surface area (Å²) < 4.78 is 6.86. The van der Waals surface area contributed by atoms with Gasteiger partial charge in [-0.3, -0.25) is 4.68 Å². The Morgan fingerprint density at radius 2 is 1.71 bits per heavy atom. The lowest BCUT2D eigenvalue weighted by Gasteiger charge is -1.98. The number of aryl methyl sites for hydroxylation is 2. The van der Waals surface area contributed by atoms with Gasteiger partial charge in [0.05, 0.1) is 0 Å². The van der Waals surface area contributed by atoms with Crippen LogP contribution >= 0.6 is 0 Å². The molecule has 3 rings (SSSR count). The Hall–Kier alpha value is -2.10. The lowest BCUT2D eigenvalue weighted by Crippen LogP contribution is -2.00. The second-order valence-corrected chi connectivity index (χ2v) is 3.95. The Balaban J connectivity index is 0.000000741. The van der Waals surface area contributed by atoms with Crippen molar-refractivity contribution >= 4 is 21.9 Å². The second-order valence-electron chi connectivity index (χ2n) is 3.95. The predicted molar refractivity (Wildman–Crippen MR) is 90.9 cm³/mol. The number of fused-ring (bicyclic) bond motifs is 3. The van der Waals surface area contributed by atoms with Crippen LogP contribution in [-0.4, -0.2) is 9.78 Å². The number of rotatable bonds is 0. The van der Waals surface area contributed by atoms with Crippen molar-refractivity contribution in [3.63, 3.8) is 0 Å². The normalized spacial score (nSPS) is 9.24. The monoisotopic (exact) mass is 290 g/mol. The molecule has 4 nitrogen and oxygen atoms in total. The summed E-state index contributed by atoms with van der Waals surface area (Å²) in [7, 11) is 1.79. The number of nitrogens with zero attached hydrogens (tertiary/aromatic N) is 2. The Morgan fingerprint density at radius 3 is 2.33 bits per heavy atom. The van der Waals surface area contributed by atoms with Gasteiger partial charge < -0.3 is 4.42 Å². The summed E-state index contributed by atoms with van der Waals surface area (Å²) in [6.45, 7) is 9.97. The Morgan fingerprint density at radius 1 is 1.10 bits per heavy atom. The highest BCUT2D eigenvalue weighted by Gasteiger charge is 2.10. The van der Waals surface area contributed by atoms with Crippen LogP contribution < -0.4 is 5.63 Å². The summed E-state index contributed by atoms with van der Waals surface area (Å²) in [6.07, 6.45) is 1.84. The molecule has 0 aliphatic heterocycles. The molecule has 3 aromatic rings. The van der Waals surface area contributed by atoms with Gasteiger partial charge in [0.25, 0.3) is 0 Å². The molecule has 0 atom stereocenters. The van der Waals surface area contributed by atoms with Crippen molar-refractivity contribution in [1.82, 2.24) is 9.78 Å². The van der Waals surface area contributed by atoms with Gasteiger partial charge in [-0.2, -0.15) is 5.10 Å². The summed E-state index contributed by atoms with van der Waals surface area (Å²) in [4.78, 5) is 11.7. The first-order chi connectivity index (χ1) is 9.65. The first-order valence-corrected chi connectivity index (χ1v) is 7.02. The van der Waals surface area contributed by atoms with E-state index in [1.165, 1.54) is 0 Å². The lowest BCUT2D eigenvalue weighted by atomic mass is 10.1. The Labute approximate surface area is 126 Å². The molecule has 116 valence electrons. The number of hydrogen-bond donors (Lipinski definition) is 0. The van der Waals surface area contributed by atoms with Crippen molar-refractivity contribution in [2.45, 2.75) is 42.0 Å². The molecule has 0 aliphatic rings. The van der Waals surface area contributed by atoms with E-state index in [0.717, 1.165) is 16.3 Å². The van der Waals surface area contributed by atoms with Gasteiger partial charge in [0, 0.05) is 24.0 Å². The molecule has 0 saturated heterocycles. The van der Waals surface area contributed by atoms with Gasteiger partial charge in [-0.15, -0.1) is 0 Å². The van der Waals surface area contributed by atoms with E-state index >= 15 is 0 Å². The SMILES string of the molecule is C.CC.CC.Cc1ccc2c(c1)oc(=O)c1nn(C)cc12. The minimum absolute atomic E-state index is 0. The van der Waals surface area contributed by atoms with Crippen LogP contribution in [0.2, 0.25) is 0 Å². The predicted octanol–water partition coefficient (Wildman–Crippen LogP) is 4.68. The van der Waals surface area contributed by atoms with Crippen LogP contribution in [0.15, 0.2) is 33.6 Å². The fourth-order valence-electron chi connectivity index (χ4n) is 1.92. The van der Waals surface area contributed by atoms with E-state index in [1.807, 2.05) is 59.0 Å². The number of hydrogen-bond acceptors (Lipinski definition) is 3. The largest absolute Gasteiger partial charge is 0.421 e. The van der Waals surface area contributed by atoms with E-state index in [9.17, 15) is 4.79 Å². The molecule has 0 radical (unpaired) electrons. The van der Waals surface area contributed by atoms with Gasteiger partial charge >= 0.3 is 5.63 Å². The molecule has 0 amide bonds. The highest BCUT2D eigenvalue weighted by atomic mass is 16.4. The standard InChI is InChI=1S/C12H10N2O2.2C2H6.CH4/c1-7-3-4-8-9-6-14(2)13-11(9)12(15)16-10(8)5-7;2*1-2;/h3-6H,1-2H3;2*1-2H3;1H4. The first-order valence-electron chi connectivity index (χ1n) is 7.02. The van der Waals surface area contributed by atoms with Crippen LogP contribution in [0.1, 0.15) is 40.7 Å². The van der Waals surface area contributed by atoms with Crippen molar-refractivity contribution in [2.75, 3.05) is 0 Å². The van der Waals surface area contributed by atoms with Gasteiger partial charge in [-0.1, -0.05) is 47.3 Å². The molecule has 0 spiro atoms. The molecule has 0 aliphatic carbocycles. The molecule has 0 bridgehead atoms. The number of aromatic nitrogens is 2. The summed E-state index contributed by atoms with van der Waals surface area (Å²) in [6, 6.07) is 5.82. The molecule has 0 saturated carbocycles. The van der Waals surface area contributed by atoms with Gasteiger partial charge in [-0.05, 0) is 18.6 Å². The first kappa shape index (κ1) is 18.9. The summed E-state index contributed by atoms with van der Waals surface area (Å²) in [5.41, 5.74) is 1.69. The Bertz CT molecular complexity index is 754. The average Bonchev–Trinajstić information content (AvgIpc) is 2.85. The summed E-state index contributed by atoms with van der Waals surface area (Å²) in [5, 5.41) is 5.86. The van der Waals surface area contributed by atoms with E-state index in [0.29, 0.717) is 11.1 Å². The maximum absolute atomic E-state index is 11.7. The molecule has 1 aromatic carbocycles. The maximum atomic E-state index is 11.7. The van der Waals surface area contributed by atoms with E-state index in [4.69, 9.17) is 4.42 Å². The third kappa shape index (κ3) is 3.72. The van der Waals surface area contributed by atoms with E-state index in [2.05, 4.69) is 5.10 Å². The zero-order valence-corrected chi connectivity index (χ0v) is 13.0. The minimum atomic E-state index is -0.381. The fourth-order valence-corrected chi connectivity index (χ4v) is 1.92. The van der Waals surface area contributed by atoms with Crippen LogP contribution in [-0.2, 0) is 7.05 Å². The van der Waals surface area contributed by atoms with Gasteiger partial charge in [-0.25, -0.2) is 4.79 Å². The van der Waals surface area contributed by atoms with Crippen LogP contribution in [0, 0.1) is 6.92 Å². The highest BCUT2D eigenvalue weighted by molar-refractivity contribution is 6.02.